The van der Waals surface area contributed by atoms with Crippen molar-refractivity contribution in [2.45, 2.75) is 26.8 Å². The topological polar surface area (TPSA) is 61.9 Å². The summed E-state index contributed by atoms with van der Waals surface area (Å²) >= 11 is 0. The third-order valence-electron chi connectivity index (χ3n) is 4.72. The molecule has 6 nitrogen and oxygen atoms in total. The fourth-order valence-electron chi connectivity index (χ4n) is 3.63. The van der Waals surface area contributed by atoms with Gasteiger partial charge in [-0.25, -0.2) is 4.79 Å². The third-order valence-corrected chi connectivity index (χ3v) is 4.72. The van der Waals surface area contributed by atoms with Crippen LogP contribution in [0.2, 0.25) is 0 Å². The SMILES string of the molecule is C=CCN1C(=O)N[C@H](c2ccc(OCC)cc2)C2=C1CN(CC(C)C)C2=O. The molecule has 1 N–H and O–H groups in total. The summed E-state index contributed by atoms with van der Waals surface area (Å²) in [6, 6.07) is 6.89. The smallest absolute Gasteiger partial charge is 0.322 e. The summed E-state index contributed by atoms with van der Waals surface area (Å²) in [6.07, 6.45) is 1.68. The summed E-state index contributed by atoms with van der Waals surface area (Å²) in [5, 5.41) is 2.99. The average molecular weight is 369 g/mol. The lowest BCUT2D eigenvalue weighted by Gasteiger charge is -2.33. The summed E-state index contributed by atoms with van der Waals surface area (Å²) in [5.41, 5.74) is 2.31. The van der Waals surface area contributed by atoms with Crippen LogP contribution in [0.3, 0.4) is 0 Å². The maximum absolute atomic E-state index is 13.1. The summed E-state index contributed by atoms with van der Waals surface area (Å²) < 4.78 is 5.49. The highest BCUT2D eigenvalue weighted by Gasteiger charge is 2.43. The quantitative estimate of drug-likeness (QED) is 0.752. The van der Waals surface area contributed by atoms with E-state index in [0.29, 0.717) is 37.7 Å². The number of nitrogens with zero attached hydrogens (tertiary/aromatic N) is 2. The molecular weight excluding hydrogens is 342 g/mol. The van der Waals surface area contributed by atoms with Gasteiger partial charge in [-0.15, -0.1) is 6.58 Å². The van der Waals surface area contributed by atoms with E-state index in [2.05, 4.69) is 25.7 Å². The van der Waals surface area contributed by atoms with Crippen molar-refractivity contribution in [2.75, 3.05) is 26.2 Å². The second-order valence-corrected chi connectivity index (χ2v) is 7.22. The molecule has 0 spiro atoms. The second-order valence-electron chi connectivity index (χ2n) is 7.22. The maximum Gasteiger partial charge on any atom is 0.322 e. The van der Waals surface area contributed by atoms with Crippen LogP contribution in [0.25, 0.3) is 0 Å². The van der Waals surface area contributed by atoms with Gasteiger partial charge in [-0.2, -0.15) is 0 Å². The van der Waals surface area contributed by atoms with E-state index >= 15 is 0 Å². The van der Waals surface area contributed by atoms with Crippen LogP contribution in [0.4, 0.5) is 4.79 Å². The molecule has 0 fully saturated rings. The number of carbonyl (C=O) groups is 2. The van der Waals surface area contributed by atoms with E-state index in [9.17, 15) is 9.59 Å². The number of rotatable bonds is 7. The molecule has 27 heavy (non-hydrogen) atoms. The van der Waals surface area contributed by atoms with Gasteiger partial charge in [0.15, 0.2) is 0 Å². The number of benzene rings is 1. The number of hydrogen-bond donors (Lipinski definition) is 1. The van der Waals surface area contributed by atoms with E-state index in [-0.39, 0.29) is 11.9 Å². The third kappa shape index (κ3) is 3.70. The summed E-state index contributed by atoms with van der Waals surface area (Å²) in [7, 11) is 0. The molecule has 2 aliphatic rings. The molecule has 1 atom stereocenters. The molecular formula is C21H27N3O3. The molecule has 2 aliphatic heterocycles. The zero-order valence-corrected chi connectivity index (χ0v) is 16.2. The van der Waals surface area contributed by atoms with E-state index < -0.39 is 6.04 Å². The maximum atomic E-state index is 13.1. The van der Waals surface area contributed by atoms with Crippen molar-refractivity contribution in [3.8, 4) is 5.75 Å². The molecule has 6 heteroatoms. The van der Waals surface area contributed by atoms with Crippen molar-refractivity contribution in [1.29, 1.82) is 0 Å². The minimum atomic E-state index is -0.450. The molecule has 144 valence electrons. The lowest BCUT2D eigenvalue weighted by atomic mass is 9.95. The summed E-state index contributed by atoms with van der Waals surface area (Å²) in [4.78, 5) is 29.3. The van der Waals surface area contributed by atoms with Gasteiger partial charge in [0, 0.05) is 13.1 Å². The van der Waals surface area contributed by atoms with E-state index in [1.165, 1.54) is 0 Å². The van der Waals surface area contributed by atoms with Crippen LogP contribution in [0.5, 0.6) is 5.75 Å². The van der Waals surface area contributed by atoms with Crippen molar-refractivity contribution in [3.05, 3.63) is 53.8 Å². The highest BCUT2D eigenvalue weighted by Crippen LogP contribution is 2.36. The molecule has 2 heterocycles. The predicted molar refractivity (Wildman–Crippen MR) is 104 cm³/mol. The van der Waals surface area contributed by atoms with Crippen LogP contribution in [0.1, 0.15) is 32.4 Å². The Morgan fingerprint density at radius 3 is 2.59 bits per heavy atom. The van der Waals surface area contributed by atoms with Crippen LogP contribution >= 0.6 is 0 Å². The average Bonchev–Trinajstić information content (AvgIpc) is 2.94. The Bertz CT molecular complexity index is 767. The van der Waals surface area contributed by atoms with Gasteiger partial charge in [-0.05, 0) is 30.5 Å². The summed E-state index contributed by atoms with van der Waals surface area (Å²) in [5.74, 6) is 1.12. The van der Waals surface area contributed by atoms with Crippen molar-refractivity contribution in [3.63, 3.8) is 0 Å². The highest BCUT2D eigenvalue weighted by molar-refractivity contribution is 6.01. The van der Waals surface area contributed by atoms with Crippen molar-refractivity contribution >= 4 is 11.9 Å². The van der Waals surface area contributed by atoms with Crippen molar-refractivity contribution < 1.29 is 14.3 Å². The molecule has 0 saturated heterocycles. The van der Waals surface area contributed by atoms with Gasteiger partial charge in [0.1, 0.15) is 5.75 Å². The Hall–Kier alpha value is -2.76. The van der Waals surface area contributed by atoms with Gasteiger partial charge in [-0.1, -0.05) is 32.1 Å². The fourth-order valence-corrected chi connectivity index (χ4v) is 3.63. The standard InChI is InChI=1S/C21H27N3O3/c1-5-11-24-17-13-23(12-14(3)4)20(25)18(17)19(22-21(24)26)15-7-9-16(10-8-15)27-6-2/h5,7-10,14,19H,1,6,11-13H2,2-4H3,(H,22,26)/t19-/m1/s1. The highest BCUT2D eigenvalue weighted by atomic mass is 16.5. The molecule has 1 aromatic carbocycles. The van der Waals surface area contributed by atoms with E-state index in [1.54, 1.807) is 11.0 Å². The Morgan fingerprint density at radius 1 is 1.30 bits per heavy atom. The van der Waals surface area contributed by atoms with Gasteiger partial charge >= 0.3 is 6.03 Å². The Kier molecular flexibility index (Phi) is 5.54. The Labute approximate surface area is 160 Å². The van der Waals surface area contributed by atoms with Crippen molar-refractivity contribution in [2.24, 2.45) is 5.92 Å². The molecule has 0 unspecified atom stereocenters. The number of hydrogen-bond acceptors (Lipinski definition) is 3. The van der Waals surface area contributed by atoms with E-state index in [1.807, 2.05) is 36.1 Å². The van der Waals surface area contributed by atoms with Gasteiger partial charge in [0.2, 0.25) is 0 Å². The lowest BCUT2D eigenvalue weighted by Crippen LogP contribution is -2.47. The fraction of sp³-hybridized carbons (Fsp3) is 0.429. The number of urea groups is 1. The monoisotopic (exact) mass is 369 g/mol. The molecule has 3 rings (SSSR count). The molecule has 0 bridgehead atoms. The molecule has 3 amide bonds. The Balaban J connectivity index is 1.97. The predicted octanol–water partition coefficient (Wildman–Crippen LogP) is 3.09. The Morgan fingerprint density at radius 2 is 2.00 bits per heavy atom. The minimum absolute atomic E-state index is 0.00773. The zero-order valence-electron chi connectivity index (χ0n) is 16.2. The van der Waals surface area contributed by atoms with Crippen LogP contribution in [-0.4, -0.2) is 48.0 Å². The number of nitrogens with one attached hydrogen (secondary N) is 1. The molecule has 0 radical (unpaired) electrons. The summed E-state index contributed by atoms with van der Waals surface area (Å²) in [6.45, 7) is 11.9. The zero-order chi connectivity index (χ0) is 19.6. The lowest BCUT2D eigenvalue weighted by molar-refractivity contribution is -0.126. The first-order valence-electron chi connectivity index (χ1n) is 9.40. The normalized spacial score (nSPS) is 19.5. The van der Waals surface area contributed by atoms with Gasteiger partial charge in [0.05, 0.1) is 30.5 Å². The van der Waals surface area contributed by atoms with Crippen LogP contribution in [0, 0.1) is 5.92 Å². The minimum Gasteiger partial charge on any atom is -0.494 e. The van der Waals surface area contributed by atoms with Crippen molar-refractivity contribution in [1.82, 2.24) is 15.1 Å². The first-order valence-corrected chi connectivity index (χ1v) is 9.40. The first kappa shape index (κ1) is 19.0. The number of carbonyl (C=O) groups excluding carboxylic acids is 2. The van der Waals surface area contributed by atoms with Gasteiger partial charge < -0.3 is 15.0 Å². The van der Waals surface area contributed by atoms with Gasteiger partial charge in [0.25, 0.3) is 5.91 Å². The second kappa shape index (κ2) is 7.86. The number of ether oxygens (including phenoxy) is 1. The molecule has 1 aromatic rings. The number of amides is 3. The first-order chi connectivity index (χ1) is 13.0. The van der Waals surface area contributed by atoms with Gasteiger partial charge in [-0.3, -0.25) is 9.69 Å². The largest absolute Gasteiger partial charge is 0.494 e. The molecule has 0 aliphatic carbocycles. The molecule has 0 saturated carbocycles. The molecule has 0 aromatic heterocycles. The van der Waals surface area contributed by atoms with Crippen LogP contribution < -0.4 is 10.1 Å². The van der Waals surface area contributed by atoms with E-state index in [4.69, 9.17) is 4.74 Å². The van der Waals surface area contributed by atoms with Crippen LogP contribution in [0.15, 0.2) is 48.2 Å². The van der Waals surface area contributed by atoms with E-state index in [0.717, 1.165) is 17.0 Å². The van der Waals surface area contributed by atoms with Crippen LogP contribution in [-0.2, 0) is 4.79 Å².